The first-order valence-electron chi connectivity index (χ1n) is 42.9. The molecule has 128 heavy (non-hydrogen) atoms. The third kappa shape index (κ3) is 10.1. The minimum atomic E-state index is -2.63. The van der Waals surface area contributed by atoms with Gasteiger partial charge in [0.1, 0.15) is 52.8 Å². The number of likely N-dealkylation sites (tertiary alicyclic amines) is 2. The normalized spacial score (nSPS) is 31.4. The number of hydrogen-bond donors (Lipinski definition) is 5. The molecule has 0 spiro atoms. The predicted molar refractivity (Wildman–Crippen MR) is 463 cm³/mol. The van der Waals surface area contributed by atoms with Crippen LogP contribution in [0.15, 0.2) is 278 Å². The van der Waals surface area contributed by atoms with Gasteiger partial charge in [-0.1, -0.05) is 34.6 Å². The molecular weight excluding hydrogens is 1690 g/mol. The number of furan rings is 1. The highest BCUT2D eigenvalue weighted by Crippen LogP contribution is 2.79. The van der Waals surface area contributed by atoms with Gasteiger partial charge in [-0.2, -0.15) is 34.8 Å². The molecule has 0 bridgehead atoms. The molecule has 24 rings (SSSR count). The van der Waals surface area contributed by atoms with E-state index in [2.05, 4.69) is 123 Å². The summed E-state index contributed by atoms with van der Waals surface area (Å²) in [6, 6.07) is 30.1. The number of ether oxygens (including phenoxy) is 2. The molecule has 6 fully saturated rings. The van der Waals surface area contributed by atoms with E-state index in [-0.39, 0.29) is 81.4 Å². The number of piperidine rings is 1. The second-order valence-corrected chi connectivity index (χ2v) is 35.3. The van der Waals surface area contributed by atoms with Crippen molar-refractivity contribution in [3.63, 3.8) is 0 Å². The van der Waals surface area contributed by atoms with E-state index in [1.807, 2.05) is 133 Å². The van der Waals surface area contributed by atoms with Crippen LogP contribution >= 0.6 is 34.2 Å². The molecule has 12 unspecified atom stereocenters. The Kier molecular flexibility index (Phi) is 19.0. The number of morpholine rings is 1. The van der Waals surface area contributed by atoms with Gasteiger partial charge in [-0.3, -0.25) is 40.1 Å². The lowest BCUT2D eigenvalue weighted by atomic mass is 9.52. The molecule has 38 nitrogen and oxygen atoms in total. The van der Waals surface area contributed by atoms with E-state index in [1.54, 1.807) is 92.2 Å². The molecule has 14 aromatic rings. The summed E-state index contributed by atoms with van der Waals surface area (Å²) < 4.78 is 52.6. The van der Waals surface area contributed by atoms with E-state index in [0.717, 1.165) is 10.6 Å². The Morgan fingerprint density at radius 3 is 2.21 bits per heavy atom. The van der Waals surface area contributed by atoms with E-state index < -0.39 is 68.3 Å². The number of aromatic amines is 3. The fourth-order valence-corrected chi connectivity index (χ4v) is 26.1. The molecule has 41 heteroatoms. The molecule has 0 aliphatic carbocycles. The van der Waals surface area contributed by atoms with Gasteiger partial charge in [-0.15, -0.1) is 22.7 Å². The second kappa shape index (κ2) is 31.0. The van der Waals surface area contributed by atoms with Crippen LogP contribution in [0.3, 0.4) is 0 Å². The van der Waals surface area contributed by atoms with Crippen LogP contribution in [0.5, 0.6) is 0 Å². The average Bonchev–Trinajstić information content (AvgIpc) is 0.794. The highest BCUT2D eigenvalue weighted by molar-refractivity contribution is 7.10. The van der Waals surface area contributed by atoms with Gasteiger partial charge in [0.25, 0.3) is 11.7 Å². The van der Waals surface area contributed by atoms with Crippen molar-refractivity contribution >= 4 is 52.6 Å². The Labute approximate surface area is 743 Å². The maximum atomic E-state index is 10.3. The lowest BCUT2D eigenvalue weighted by molar-refractivity contribution is -0.569. The number of thiazole rings is 1. The van der Waals surface area contributed by atoms with Crippen LogP contribution in [0.25, 0.3) is 0 Å². The smallest absolute Gasteiger partial charge is 0.270 e. The quantitative estimate of drug-likeness (QED) is 0.0401. The number of hydrazine groups is 2. The van der Waals surface area contributed by atoms with Crippen molar-refractivity contribution in [1.82, 2.24) is 145 Å². The summed E-state index contributed by atoms with van der Waals surface area (Å²) in [6.07, 6.45) is 47.6. The van der Waals surface area contributed by atoms with Crippen molar-refractivity contribution < 1.29 is 27.5 Å². The predicted octanol–water partition coefficient (Wildman–Crippen LogP) is 8.37. The highest BCUT2D eigenvalue weighted by Gasteiger charge is 2.96. The Morgan fingerprint density at radius 1 is 0.594 bits per heavy atom. The number of aromatic nitrogens is 18. The number of thiophene rings is 1. The van der Waals surface area contributed by atoms with E-state index in [9.17, 15) is 4.74 Å². The number of imidazole rings is 1. The van der Waals surface area contributed by atoms with Crippen LogP contribution in [-0.2, 0) is 48.2 Å². The summed E-state index contributed by atoms with van der Waals surface area (Å²) in [6.45, 7) is 3.33. The van der Waals surface area contributed by atoms with Crippen LogP contribution < -0.4 is 15.6 Å². The van der Waals surface area contributed by atoms with Crippen molar-refractivity contribution in [3.05, 3.63) is 322 Å². The number of anilines is 1. The van der Waals surface area contributed by atoms with Gasteiger partial charge in [-0.05, 0) is 145 Å². The zero-order valence-electron chi connectivity index (χ0n) is 69.0. The molecule has 0 aromatic carbocycles. The summed E-state index contributed by atoms with van der Waals surface area (Å²) in [7, 11) is 0. The topological polar surface area (TPSA) is 393 Å². The third-order valence-electron chi connectivity index (χ3n) is 27.4. The van der Waals surface area contributed by atoms with Gasteiger partial charge >= 0.3 is 0 Å². The van der Waals surface area contributed by atoms with Gasteiger partial charge < -0.3 is 48.1 Å². The monoisotopic (exact) mass is 1770 g/mol. The maximum absolute atomic E-state index is 10.3. The Hall–Kier alpha value is -12.9. The van der Waals surface area contributed by atoms with E-state index in [4.69, 9.17) is 108 Å². The lowest BCUT2D eigenvalue weighted by Crippen LogP contribution is -3.05. The second-order valence-electron chi connectivity index (χ2n) is 32.8. The maximum Gasteiger partial charge on any atom is 0.270 e. The Balaban J connectivity index is 1.08. The fourth-order valence-electron chi connectivity index (χ4n) is 23.6. The van der Waals surface area contributed by atoms with Crippen molar-refractivity contribution in [2.45, 2.75) is 107 Å². The lowest BCUT2D eigenvalue weighted by Gasteiger charge is -2.83. The van der Waals surface area contributed by atoms with Crippen LogP contribution in [0.1, 0.15) is 117 Å². The van der Waals surface area contributed by atoms with Gasteiger partial charge in [0.15, 0.2) is 39.3 Å². The number of hydrogen-bond acceptors (Lipinski definition) is 38. The number of nitrogens with zero attached hydrogens (tertiary/aromatic N) is 27. The number of piperazine rings is 1. The van der Waals surface area contributed by atoms with Crippen LogP contribution in [0.4, 0.5) is 5.82 Å². The number of allylic oxidation sites excluding steroid dienone is 2. The summed E-state index contributed by atoms with van der Waals surface area (Å²) in [4.78, 5) is 76.6. The molecule has 12 atom stereocenters. The third-order valence-corrected chi connectivity index (χ3v) is 29.9. The summed E-state index contributed by atoms with van der Waals surface area (Å²) in [5.74, 6) is -6.46. The molecule has 0 amide bonds. The minimum Gasteiger partial charge on any atom is -0.491 e. The van der Waals surface area contributed by atoms with Crippen molar-refractivity contribution in [2.75, 3.05) is 83.6 Å². The summed E-state index contributed by atoms with van der Waals surface area (Å²) >= 11 is 4.22. The zero-order valence-corrected chi connectivity index (χ0v) is 71.4. The first-order chi connectivity index (χ1) is 63.5. The molecule has 5 N–H and O–H groups in total. The molecular formula is C87H86N32O6S3. The standard InChI is InChI=1S/C87H86N32O6S3/c1-3-26-92-65(17-1)79(71-20-2-8-51-121-71)81(66-19-10-30-100-105-66,75-94-28-13-29-95-75)118(83(69-25-56-128-109-69,77-99-41-57-127-77)80(67-22-33-101-106-67,74-96-36-37-97-74)117(79)73-59-104-125-108-73)119-84(110-42-4-5-43-110,70-58-88-34-35-93-70)86(111-44-6-7-45-111,112-49-38-89-60-112)124-87(113-50-39-90-61-113,116-47-15-32-103-116)85(119,115-46-14-31-102-115)114-48-23-62(63-16-11-52-120-63)78(64-18-9-27-91-64,72-21-12-55-126-72)82(114,68-24-53-123-107-68)76-98-40-54-122-76/h1-4,8-13,16-22,24-30,32-37,40-42,51-60,62,71,90-91,102H,5-7,14-15,23,31,38-39,43-50,61H2,(H,96,97)(H,101,106). The molecule has 0 radical (unpaired) electrons. The zero-order chi connectivity index (χ0) is 85.1. The number of hydrazone groups is 1. The van der Waals surface area contributed by atoms with Crippen molar-refractivity contribution in [3.8, 4) is 0 Å². The van der Waals surface area contributed by atoms with E-state index >= 15 is 0 Å². The van der Waals surface area contributed by atoms with Crippen molar-refractivity contribution in [1.29, 1.82) is 0 Å². The van der Waals surface area contributed by atoms with Crippen LogP contribution in [-0.4, -0.2) is 249 Å². The summed E-state index contributed by atoms with van der Waals surface area (Å²) in [5.41, 5.74) is -9.11. The molecule has 14 aromatic heterocycles. The Morgan fingerprint density at radius 2 is 1.54 bits per heavy atom. The molecule has 648 valence electrons. The van der Waals surface area contributed by atoms with Gasteiger partial charge in [0.2, 0.25) is 17.3 Å². The molecule has 0 saturated carbocycles. The first kappa shape index (κ1) is 78.6. The first-order valence-corrected chi connectivity index (χ1v) is 45.5. The van der Waals surface area contributed by atoms with Crippen LogP contribution in [0.2, 0.25) is 0 Å². The number of aliphatic imine (C=N–C) groups is 1. The number of H-pyrrole nitrogens is 3. The van der Waals surface area contributed by atoms with E-state index in [1.165, 1.54) is 22.9 Å². The van der Waals surface area contributed by atoms with Crippen LogP contribution in [0, 0.1) is 0 Å². The average molecular weight is 1770 g/mol. The SMILES string of the molecule is C1=COC(C2(c3ccccn3)N(c3cnon3)C(c3cc[nH]n3)(c3ncc[nH]3)C(c3ccsn3)(c3nccs3)N(N3C(c4cnccn4)(N4C=CCC4)C(N4C=NCC4)(N4CCCC4)OC(N4CCNC4)(N4CCC=N4)C3(N3CCCN3)N3CCC(c4ccco4)C(c4ccc[nH]4)(c4cccs4)C3(c3ccon3)c3ncco3)C2(c2cccnn2)c2ncccn2)C=C1. The highest BCUT2D eigenvalue weighted by atomic mass is 32.1. The minimum absolute atomic E-state index is 0.000178. The van der Waals surface area contributed by atoms with Gasteiger partial charge in [0.05, 0.1) is 72.7 Å². The fraction of sp³-hybridized carbons (Fsp3) is 0.345. The largest absolute Gasteiger partial charge is 0.491 e. The molecule has 6 saturated heterocycles. The Bertz CT molecular complexity index is 6060. The number of nitrogens with one attached hydrogen (secondary N) is 5. The molecule has 24 heterocycles. The number of pyridine rings is 1. The molecule has 10 aliphatic heterocycles. The number of oxazole rings is 1. The van der Waals surface area contributed by atoms with Crippen molar-refractivity contribution in [2.24, 2.45) is 10.1 Å². The molecule has 10 aliphatic rings. The van der Waals surface area contributed by atoms with E-state index in [0.29, 0.717) is 104 Å². The number of rotatable bonds is 23. The van der Waals surface area contributed by atoms with Gasteiger partial charge in [0, 0.05) is 180 Å². The van der Waals surface area contributed by atoms with Gasteiger partial charge in [-0.25, -0.2) is 49.4 Å². The summed E-state index contributed by atoms with van der Waals surface area (Å²) in [5, 5.41) is 62.6.